The number of carbonyl (C=O) groups excluding carboxylic acids is 1. The smallest absolute Gasteiger partial charge is 0.227 e. The molecule has 1 spiro atoms. The predicted octanol–water partition coefficient (Wildman–Crippen LogP) is 2.33. The highest BCUT2D eigenvalue weighted by molar-refractivity contribution is 5.82. The number of amides is 1. The van der Waals surface area contributed by atoms with Gasteiger partial charge in [-0.2, -0.15) is 0 Å². The molecule has 3 aliphatic rings. The summed E-state index contributed by atoms with van der Waals surface area (Å²) < 4.78 is 11.9. The maximum atomic E-state index is 13.0. The second kappa shape index (κ2) is 7.44. The van der Waals surface area contributed by atoms with Gasteiger partial charge in [0.2, 0.25) is 5.91 Å². The van der Waals surface area contributed by atoms with Crippen LogP contribution in [-0.4, -0.2) is 58.9 Å². The van der Waals surface area contributed by atoms with Crippen LogP contribution in [0.15, 0.2) is 54.6 Å². The van der Waals surface area contributed by atoms with Crippen LogP contribution in [0, 0.1) is 0 Å². The first-order chi connectivity index (χ1) is 14.2. The monoisotopic (exact) mass is 394 g/mol. The zero-order valence-corrected chi connectivity index (χ0v) is 16.4. The summed E-state index contributed by atoms with van der Waals surface area (Å²) in [6.07, 6.45) is 1.34. The van der Waals surface area contributed by atoms with Crippen molar-refractivity contribution in [3.63, 3.8) is 0 Å². The van der Waals surface area contributed by atoms with Crippen LogP contribution >= 0.6 is 0 Å². The second-order valence-electron chi connectivity index (χ2n) is 8.01. The van der Waals surface area contributed by atoms with Gasteiger partial charge >= 0.3 is 0 Å². The van der Waals surface area contributed by atoms with Crippen LogP contribution in [0.5, 0.6) is 5.75 Å². The summed E-state index contributed by atoms with van der Waals surface area (Å²) in [4.78, 5) is 17.4. The van der Waals surface area contributed by atoms with Crippen molar-refractivity contribution in [2.45, 2.75) is 37.2 Å². The van der Waals surface area contributed by atoms with Crippen molar-refractivity contribution in [1.29, 1.82) is 0 Å². The first kappa shape index (κ1) is 18.6. The summed E-state index contributed by atoms with van der Waals surface area (Å²) >= 11 is 0. The number of rotatable bonds is 6. The molecule has 0 unspecified atom stereocenters. The Morgan fingerprint density at radius 1 is 1.17 bits per heavy atom. The molecule has 0 bridgehead atoms. The average Bonchev–Trinajstić information content (AvgIpc) is 3.37. The zero-order chi connectivity index (χ0) is 19.8. The Morgan fingerprint density at radius 3 is 2.86 bits per heavy atom. The fraction of sp³-hybridized carbons (Fsp3) is 0.435. The van der Waals surface area contributed by atoms with E-state index in [0.717, 1.165) is 36.4 Å². The fourth-order valence-corrected chi connectivity index (χ4v) is 5.17. The number of aliphatic hydroxyl groups is 1. The van der Waals surface area contributed by atoms with Gasteiger partial charge in [-0.25, -0.2) is 0 Å². The van der Waals surface area contributed by atoms with Gasteiger partial charge in [-0.3, -0.25) is 9.69 Å². The van der Waals surface area contributed by atoms with Gasteiger partial charge in [-0.05, 0) is 23.3 Å². The Morgan fingerprint density at radius 2 is 2.03 bits per heavy atom. The number of carbonyl (C=O) groups is 1. The maximum absolute atomic E-state index is 13.0. The Hall–Kier alpha value is -2.41. The molecule has 29 heavy (non-hydrogen) atoms. The Balaban J connectivity index is 1.35. The van der Waals surface area contributed by atoms with E-state index >= 15 is 0 Å². The Kier molecular flexibility index (Phi) is 4.78. The van der Waals surface area contributed by atoms with Crippen LogP contribution in [0.3, 0.4) is 0 Å². The molecule has 5 rings (SSSR count). The summed E-state index contributed by atoms with van der Waals surface area (Å²) in [5.41, 5.74) is 1.79. The van der Waals surface area contributed by atoms with Gasteiger partial charge in [0.15, 0.2) is 5.72 Å². The average molecular weight is 394 g/mol. The van der Waals surface area contributed by atoms with E-state index in [1.54, 1.807) is 0 Å². The lowest BCUT2D eigenvalue weighted by atomic mass is 10.0. The lowest BCUT2D eigenvalue weighted by molar-refractivity contribution is -0.138. The molecule has 2 aromatic rings. The van der Waals surface area contributed by atoms with E-state index in [1.165, 1.54) is 0 Å². The molecular weight excluding hydrogens is 368 g/mol. The molecule has 0 aliphatic carbocycles. The largest absolute Gasteiger partial charge is 0.491 e. The first-order valence-corrected chi connectivity index (χ1v) is 10.3. The third-order valence-electron chi connectivity index (χ3n) is 6.39. The van der Waals surface area contributed by atoms with Crippen molar-refractivity contribution in [2.75, 3.05) is 26.4 Å². The molecule has 3 heterocycles. The van der Waals surface area contributed by atoms with Gasteiger partial charge in [0, 0.05) is 25.9 Å². The molecule has 3 atom stereocenters. The van der Waals surface area contributed by atoms with Gasteiger partial charge in [0.25, 0.3) is 0 Å². The molecule has 1 N–H and O–H groups in total. The van der Waals surface area contributed by atoms with Crippen LogP contribution in [0.25, 0.3) is 0 Å². The minimum atomic E-state index is -0.497. The Labute approximate surface area is 170 Å². The van der Waals surface area contributed by atoms with Crippen LogP contribution in [0.1, 0.15) is 30.0 Å². The maximum Gasteiger partial charge on any atom is 0.227 e. The third kappa shape index (κ3) is 3.12. The first-order valence-electron chi connectivity index (χ1n) is 10.3. The van der Waals surface area contributed by atoms with Crippen LogP contribution < -0.4 is 4.74 Å². The van der Waals surface area contributed by atoms with E-state index in [0.29, 0.717) is 13.0 Å². The topological polar surface area (TPSA) is 62.2 Å². The minimum absolute atomic E-state index is 0.00118. The quantitative estimate of drug-likeness (QED) is 0.815. The molecule has 6 heteroatoms. The molecule has 1 amide bonds. The van der Waals surface area contributed by atoms with E-state index in [-0.39, 0.29) is 31.2 Å². The number of benzene rings is 2. The van der Waals surface area contributed by atoms with Crippen LogP contribution in [0.2, 0.25) is 0 Å². The molecular formula is C23H26N2O4. The highest BCUT2D eigenvalue weighted by Gasteiger charge is 2.64. The molecule has 3 saturated heterocycles. The van der Waals surface area contributed by atoms with E-state index in [2.05, 4.69) is 23.1 Å². The summed E-state index contributed by atoms with van der Waals surface area (Å²) in [5, 5.41) is 8.96. The lowest BCUT2D eigenvalue weighted by Crippen LogP contribution is -2.48. The van der Waals surface area contributed by atoms with Crippen molar-refractivity contribution < 1.29 is 19.4 Å². The van der Waals surface area contributed by atoms with Crippen molar-refractivity contribution in [1.82, 2.24) is 9.80 Å². The minimum Gasteiger partial charge on any atom is -0.491 e. The van der Waals surface area contributed by atoms with Crippen molar-refractivity contribution in [2.24, 2.45) is 0 Å². The summed E-state index contributed by atoms with van der Waals surface area (Å²) in [6.45, 7) is 2.50. The number of likely N-dealkylation sites (tertiary alicyclic amines) is 1. The summed E-state index contributed by atoms with van der Waals surface area (Å²) in [6, 6.07) is 18.2. The van der Waals surface area contributed by atoms with Crippen LogP contribution in [0.4, 0.5) is 0 Å². The third-order valence-corrected chi connectivity index (χ3v) is 6.39. The molecule has 6 nitrogen and oxygen atoms in total. The molecule has 3 fully saturated rings. The highest BCUT2D eigenvalue weighted by atomic mass is 16.5. The lowest BCUT2D eigenvalue weighted by Gasteiger charge is -2.33. The number of hydrogen-bond acceptors (Lipinski definition) is 5. The molecule has 152 valence electrons. The normalized spacial score (nSPS) is 28.6. The van der Waals surface area contributed by atoms with E-state index in [1.807, 2.05) is 41.3 Å². The SMILES string of the molecule is O=C1C[C@H]2N(Cc3cccc(OCCO)c3)CC[C@]23OC[C@@H](c2ccccc2)N13. The van der Waals surface area contributed by atoms with Crippen LogP contribution in [-0.2, 0) is 16.1 Å². The number of nitrogens with zero attached hydrogens (tertiary/aromatic N) is 2. The fourth-order valence-electron chi connectivity index (χ4n) is 5.17. The van der Waals surface area contributed by atoms with Crippen molar-refractivity contribution in [3.05, 3.63) is 65.7 Å². The van der Waals surface area contributed by atoms with Gasteiger partial charge in [0.1, 0.15) is 12.4 Å². The zero-order valence-electron chi connectivity index (χ0n) is 16.4. The molecule has 0 saturated carbocycles. The van der Waals surface area contributed by atoms with E-state index in [4.69, 9.17) is 14.6 Å². The Bertz CT molecular complexity index is 889. The number of aliphatic hydroxyl groups excluding tert-OH is 1. The molecule has 3 aliphatic heterocycles. The van der Waals surface area contributed by atoms with Gasteiger partial charge < -0.3 is 19.5 Å². The van der Waals surface area contributed by atoms with E-state index < -0.39 is 5.72 Å². The second-order valence-corrected chi connectivity index (χ2v) is 8.01. The summed E-state index contributed by atoms with van der Waals surface area (Å²) in [7, 11) is 0. The van der Waals surface area contributed by atoms with Gasteiger partial charge in [-0.15, -0.1) is 0 Å². The number of ether oxygens (including phenoxy) is 2. The molecule has 0 aromatic heterocycles. The molecule has 2 aromatic carbocycles. The van der Waals surface area contributed by atoms with E-state index in [9.17, 15) is 4.79 Å². The van der Waals surface area contributed by atoms with Gasteiger partial charge in [-0.1, -0.05) is 42.5 Å². The van der Waals surface area contributed by atoms with Crippen molar-refractivity contribution >= 4 is 5.91 Å². The molecule has 0 radical (unpaired) electrons. The summed E-state index contributed by atoms with van der Waals surface area (Å²) in [5.74, 6) is 0.946. The van der Waals surface area contributed by atoms with Gasteiger partial charge in [0.05, 0.1) is 25.3 Å². The highest BCUT2D eigenvalue weighted by Crippen LogP contribution is 2.51. The standard InChI is InChI=1S/C23H26N2O4/c26-11-12-28-19-8-4-5-17(13-19)15-24-10-9-23-21(24)14-22(27)25(23)20(16-29-23)18-6-2-1-3-7-18/h1-8,13,20-21,26H,9-12,14-16H2/t20-,21+,23-/m0/s1. The predicted molar refractivity (Wildman–Crippen MR) is 107 cm³/mol. The van der Waals surface area contributed by atoms with Crippen molar-refractivity contribution in [3.8, 4) is 5.75 Å². The number of hydrogen-bond donors (Lipinski definition) is 1.